The molecule has 0 amide bonds. The van der Waals surface area contributed by atoms with E-state index in [1.807, 2.05) is 12.1 Å². The molecule has 5 nitrogen and oxygen atoms in total. The van der Waals surface area contributed by atoms with Gasteiger partial charge in [-0.15, -0.1) is 0 Å². The number of allylic oxidation sites excluding steroid dienone is 1. The molecule has 0 spiro atoms. The number of nitrogens with zero attached hydrogens (tertiary/aromatic N) is 3. The summed E-state index contributed by atoms with van der Waals surface area (Å²) in [6.45, 7) is 3.96. The Labute approximate surface area is 160 Å². The zero-order valence-corrected chi connectivity index (χ0v) is 16.1. The molecule has 4 rings (SSSR count). The first kappa shape index (κ1) is 18.0. The second kappa shape index (κ2) is 8.09. The van der Waals surface area contributed by atoms with Crippen LogP contribution in [0, 0.1) is 0 Å². The van der Waals surface area contributed by atoms with Crippen molar-refractivity contribution in [3.8, 4) is 0 Å². The Morgan fingerprint density at radius 2 is 2.07 bits per heavy atom. The quantitative estimate of drug-likeness (QED) is 0.588. The molecule has 0 bridgehead atoms. The number of pyridine rings is 1. The standard InChI is InChI=1S/C22H29N5/c1-2-3-13-19-26-20-21(17-11-4-5-12-18(17)25-22(20)23)27(19)15-7-6-14-24-16-9-8-10-16/h4-7,11-12,16,24H,2-3,8-10,13-15H2,1H3,(H2,23,25)/b7-6+. The highest BCUT2D eigenvalue weighted by atomic mass is 15.1. The maximum Gasteiger partial charge on any atom is 0.152 e. The summed E-state index contributed by atoms with van der Waals surface area (Å²) in [5.74, 6) is 1.63. The van der Waals surface area contributed by atoms with Gasteiger partial charge in [0.05, 0.1) is 11.0 Å². The topological polar surface area (TPSA) is 68.8 Å². The van der Waals surface area contributed by atoms with Crippen molar-refractivity contribution in [2.45, 2.75) is 58.0 Å². The minimum atomic E-state index is 0.524. The summed E-state index contributed by atoms with van der Waals surface area (Å²) in [5.41, 5.74) is 9.13. The monoisotopic (exact) mass is 363 g/mol. The van der Waals surface area contributed by atoms with Crippen LogP contribution in [0.3, 0.4) is 0 Å². The van der Waals surface area contributed by atoms with Gasteiger partial charge in [0.25, 0.3) is 0 Å². The fourth-order valence-electron chi connectivity index (χ4n) is 3.74. The number of nitrogen functional groups attached to an aromatic ring is 1. The number of imidazole rings is 1. The minimum Gasteiger partial charge on any atom is -0.382 e. The molecule has 5 heteroatoms. The van der Waals surface area contributed by atoms with E-state index in [1.54, 1.807) is 0 Å². The molecule has 2 aromatic heterocycles. The van der Waals surface area contributed by atoms with Gasteiger partial charge in [-0.3, -0.25) is 0 Å². The fraction of sp³-hybridized carbons (Fsp3) is 0.455. The van der Waals surface area contributed by atoms with Gasteiger partial charge in [-0.05, 0) is 25.3 Å². The Hall–Kier alpha value is -2.40. The van der Waals surface area contributed by atoms with Crippen LogP contribution in [-0.4, -0.2) is 27.1 Å². The first-order chi connectivity index (χ1) is 13.3. The molecule has 27 heavy (non-hydrogen) atoms. The first-order valence-corrected chi connectivity index (χ1v) is 10.2. The van der Waals surface area contributed by atoms with Gasteiger partial charge < -0.3 is 15.6 Å². The van der Waals surface area contributed by atoms with Crippen molar-refractivity contribution in [3.05, 3.63) is 42.2 Å². The molecule has 1 aromatic carbocycles. The first-order valence-electron chi connectivity index (χ1n) is 10.2. The van der Waals surface area contributed by atoms with Crippen molar-refractivity contribution in [2.24, 2.45) is 0 Å². The van der Waals surface area contributed by atoms with E-state index in [9.17, 15) is 0 Å². The Kier molecular flexibility index (Phi) is 5.39. The molecule has 1 saturated carbocycles. The number of unbranched alkanes of at least 4 members (excludes halogenated alkanes) is 1. The van der Waals surface area contributed by atoms with Crippen molar-refractivity contribution >= 4 is 27.8 Å². The predicted molar refractivity (Wildman–Crippen MR) is 113 cm³/mol. The van der Waals surface area contributed by atoms with Crippen LogP contribution in [0.1, 0.15) is 44.9 Å². The van der Waals surface area contributed by atoms with Gasteiger partial charge in [0.2, 0.25) is 0 Å². The summed E-state index contributed by atoms with van der Waals surface area (Å²) in [5, 5.41) is 4.71. The van der Waals surface area contributed by atoms with E-state index in [4.69, 9.17) is 10.7 Å². The van der Waals surface area contributed by atoms with E-state index in [-0.39, 0.29) is 0 Å². The zero-order chi connectivity index (χ0) is 18.6. The third-order valence-corrected chi connectivity index (χ3v) is 5.53. The van der Waals surface area contributed by atoms with Gasteiger partial charge in [-0.1, -0.05) is 50.1 Å². The highest BCUT2D eigenvalue weighted by Crippen LogP contribution is 2.29. The number of fused-ring (bicyclic) bond motifs is 3. The average Bonchev–Trinajstić information content (AvgIpc) is 3.01. The number of hydrogen-bond donors (Lipinski definition) is 2. The summed E-state index contributed by atoms with van der Waals surface area (Å²) in [6, 6.07) is 8.92. The lowest BCUT2D eigenvalue weighted by Crippen LogP contribution is -2.35. The molecule has 1 fully saturated rings. The van der Waals surface area contributed by atoms with Crippen LogP contribution in [0.4, 0.5) is 5.82 Å². The lowest BCUT2D eigenvalue weighted by atomic mass is 9.93. The molecule has 3 aromatic rings. The molecule has 0 aliphatic heterocycles. The Morgan fingerprint density at radius 3 is 2.85 bits per heavy atom. The van der Waals surface area contributed by atoms with Crippen molar-refractivity contribution in [1.29, 1.82) is 0 Å². The molecule has 1 aliphatic rings. The second-order valence-electron chi connectivity index (χ2n) is 7.46. The highest BCUT2D eigenvalue weighted by molar-refractivity contribution is 6.06. The Bertz CT molecular complexity index is 952. The smallest absolute Gasteiger partial charge is 0.152 e. The number of aryl methyl sites for hydroxylation is 1. The molecule has 1 aliphatic carbocycles. The van der Waals surface area contributed by atoms with Crippen LogP contribution in [0.15, 0.2) is 36.4 Å². The van der Waals surface area contributed by atoms with E-state index < -0.39 is 0 Å². The highest BCUT2D eigenvalue weighted by Gasteiger charge is 2.17. The normalized spacial score (nSPS) is 15.1. The summed E-state index contributed by atoms with van der Waals surface area (Å²) in [7, 11) is 0. The second-order valence-corrected chi connectivity index (χ2v) is 7.46. The molecular weight excluding hydrogens is 334 g/mol. The molecular formula is C22H29N5. The number of anilines is 1. The van der Waals surface area contributed by atoms with Gasteiger partial charge in [-0.2, -0.15) is 0 Å². The Morgan fingerprint density at radius 1 is 1.22 bits per heavy atom. The van der Waals surface area contributed by atoms with Gasteiger partial charge in [0.15, 0.2) is 5.82 Å². The summed E-state index contributed by atoms with van der Waals surface area (Å²) in [4.78, 5) is 9.43. The van der Waals surface area contributed by atoms with Crippen LogP contribution in [0.5, 0.6) is 0 Å². The summed E-state index contributed by atoms with van der Waals surface area (Å²) >= 11 is 0. The van der Waals surface area contributed by atoms with E-state index in [1.165, 1.54) is 19.3 Å². The van der Waals surface area contributed by atoms with Gasteiger partial charge in [0, 0.05) is 30.9 Å². The maximum absolute atomic E-state index is 6.25. The van der Waals surface area contributed by atoms with Crippen LogP contribution in [0.2, 0.25) is 0 Å². The molecule has 0 atom stereocenters. The third-order valence-electron chi connectivity index (χ3n) is 5.53. The van der Waals surface area contributed by atoms with Crippen molar-refractivity contribution < 1.29 is 0 Å². The molecule has 0 unspecified atom stereocenters. The van der Waals surface area contributed by atoms with Gasteiger partial charge in [-0.25, -0.2) is 9.97 Å². The number of nitrogens with two attached hydrogens (primary N) is 1. The van der Waals surface area contributed by atoms with E-state index in [0.29, 0.717) is 5.82 Å². The molecule has 0 radical (unpaired) electrons. The van der Waals surface area contributed by atoms with Gasteiger partial charge >= 0.3 is 0 Å². The lowest BCUT2D eigenvalue weighted by molar-refractivity contribution is 0.351. The van der Waals surface area contributed by atoms with Crippen LogP contribution < -0.4 is 11.1 Å². The largest absolute Gasteiger partial charge is 0.382 e. The van der Waals surface area contributed by atoms with Crippen molar-refractivity contribution in [1.82, 2.24) is 19.9 Å². The molecule has 142 valence electrons. The SMILES string of the molecule is CCCCc1nc2c(N)nc3ccccc3c2n1C/C=C/CNC1CCC1. The zero-order valence-electron chi connectivity index (χ0n) is 16.1. The number of para-hydroxylation sites is 1. The van der Waals surface area contributed by atoms with Gasteiger partial charge in [0.1, 0.15) is 11.3 Å². The minimum absolute atomic E-state index is 0.524. The third kappa shape index (κ3) is 3.69. The van der Waals surface area contributed by atoms with Crippen molar-refractivity contribution in [2.75, 3.05) is 12.3 Å². The van der Waals surface area contributed by atoms with Crippen LogP contribution in [-0.2, 0) is 13.0 Å². The summed E-state index contributed by atoms with van der Waals surface area (Å²) < 4.78 is 2.32. The molecule has 2 heterocycles. The lowest BCUT2D eigenvalue weighted by Gasteiger charge is -2.25. The van der Waals surface area contributed by atoms with E-state index >= 15 is 0 Å². The number of hydrogen-bond acceptors (Lipinski definition) is 4. The van der Waals surface area contributed by atoms with E-state index in [2.05, 4.69) is 46.1 Å². The maximum atomic E-state index is 6.25. The Balaban J connectivity index is 1.67. The molecule has 0 saturated heterocycles. The number of nitrogens with one attached hydrogen (secondary N) is 1. The van der Waals surface area contributed by atoms with E-state index in [0.717, 1.165) is 66.2 Å². The average molecular weight is 364 g/mol. The fourth-order valence-corrected chi connectivity index (χ4v) is 3.74. The summed E-state index contributed by atoms with van der Waals surface area (Å²) in [6.07, 6.45) is 11.7. The van der Waals surface area contributed by atoms with Crippen LogP contribution in [0.25, 0.3) is 21.9 Å². The van der Waals surface area contributed by atoms with Crippen LogP contribution >= 0.6 is 0 Å². The van der Waals surface area contributed by atoms with Crippen molar-refractivity contribution in [3.63, 3.8) is 0 Å². The molecule has 3 N–H and O–H groups in total. The number of benzene rings is 1. The number of rotatable bonds is 8. The predicted octanol–water partition coefficient (Wildman–Crippen LogP) is 4.21. The number of aromatic nitrogens is 3.